The molecule has 1 amide bonds. The number of anilines is 1. The zero-order valence-corrected chi connectivity index (χ0v) is 15.3. The molecule has 0 radical (unpaired) electrons. The second-order valence-electron chi connectivity index (χ2n) is 5.67. The van der Waals surface area contributed by atoms with E-state index in [-0.39, 0.29) is 11.2 Å². The first kappa shape index (κ1) is 17.6. The van der Waals surface area contributed by atoms with Gasteiger partial charge in [0, 0.05) is 15.6 Å². The van der Waals surface area contributed by atoms with Crippen LogP contribution < -0.4 is 5.32 Å². The number of benzene rings is 3. The van der Waals surface area contributed by atoms with E-state index in [0.717, 1.165) is 16.0 Å². The summed E-state index contributed by atoms with van der Waals surface area (Å²) in [5.41, 5.74) is 2.65. The monoisotopic (exact) mass is 367 g/mol. The first-order valence-electron chi connectivity index (χ1n) is 7.97. The second-order valence-corrected chi connectivity index (χ2v) is 7.26. The van der Waals surface area contributed by atoms with Crippen molar-refractivity contribution in [2.75, 3.05) is 5.32 Å². The summed E-state index contributed by atoms with van der Waals surface area (Å²) in [5, 5.41) is 3.28. The minimum Gasteiger partial charge on any atom is -0.325 e. The zero-order chi connectivity index (χ0) is 17.6. The zero-order valence-electron chi connectivity index (χ0n) is 13.8. The number of carbonyl (C=O) groups is 1. The summed E-state index contributed by atoms with van der Waals surface area (Å²) in [6.07, 6.45) is 0. The van der Waals surface area contributed by atoms with Crippen LogP contribution in [0.2, 0.25) is 5.02 Å². The van der Waals surface area contributed by atoms with Crippen LogP contribution in [0.4, 0.5) is 5.69 Å². The summed E-state index contributed by atoms with van der Waals surface area (Å²) in [5.74, 6) is -0.0695. The van der Waals surface area contributed by atoms with E-state index >= 15 is 0 Å². The second kappa shape index (κ2) is 8.24. The van der Waals surface area contributed by atoms with E-state index in [1.54, 1.807) is 6.07 Å². The third-order valence-corrected chi connectivity index (χ3v) is 5.45. The predicted octanol–water partition coefficient (Wildman–Crippen LogP) is 6.12. The van der Waals surface area contributed by atoms with Crippen LogP contribution in [-0.2, 0) is 4.79 Å². The van der Waals surface area contributed by atoms with E-state index in [0.29, 0.717) is 10.7 Å². The molecule has 0 bridgehead atoms. The molecular formula is C21H18ClNOS. The van der Waals surface area contributed by atoms with E-state index in [2.05, 4.69) is 5.32 Å². The fourth-order valence-electron chi connectivity index (χ4n) is 2.41. The summed E-state index contributed by atoms with van der Waals surface area (Å²) < 4.78 is 0. The molecule has 0 saturated carbocycles. The maximum Gasteiger partial charge on any atom is 0.242 e. The summed E-state index contributed by atoms with van der Waals surface area (Å²) in [7, 11) is 0. The maximum absolute atomic E-state index is 12.9. The van der Waals surface area contributed by atoms with Gasteiger partial charge in [0.1, 0.15) is 5.25 Å². The lowest BCUT2D eigenvalue weighted by Crippen LogP contribution is -2.19. The van der Waals surface area contributed by atoms with Gasteiger partial charge < -0.3 is 5.32 Å². The number of hydrogen-bond acceptors (Lipinski definition) is 2. The molecule has 2 nitrogen and oxygen atoms in total. The molecule has 4 heteroatoms. The van der Waals surface area contributed by atoms with Crippen molar-refractivity contribution in [1.82, 2.24) is 0 Å². The molecule has 126 valence electrons. The molecule has 0 fully saturated rings. The standard InChI is InChI=1S/C21H18ClNOS/c1-15-12-13-17(14-19(15)22)23-21(24)20(16-8-4-2-5-9-16)25-18-10-6-3-7-11-18/h2-14,20H,1H3,(H,23,24)/t20-/m0/s1. The lowest BCUT2D eigenvalue weighted by atomic mass is 10.1. The van der Waals surface area contributed by atoms with Crippen molar-refractivity contribution in [3.8, 4) is 0 Å². The Balaban J connectivity index is 1.85. The summed E-state index contributed by atoms with van der Waals surface area (Å²) in [6, 6.07) is 25.3. The molecular weight excluding hydrogens is 350 g/mol. The summed E-state index contributed by atoms with van der Waals surface area (Å²) >= 11 is 7.70. The van der Waals surface area contributed by atoms with Gasteiger partial charge in [-0.1, -0.05) is 66.2 Å². The van der Waals surface area contributed by atoms with Gasteiger partial charge >= 0.3 is 0 Å². The van der Waals surface area contributed by atoms with Crippen molar-refractivity contribution in [2.45, 2.75) is 17.1 Å². The van der Waals surface area contributed by atoms with Gasteiger partial charge in [0.15, 0.2) is 0 Å². The number of hydrogen-bond donors (Lipinski definition) is 1. The molecule has 0 unspecified atom stereocenters. The molecule has 0 aliphatic rings. The van der Waals surface area contributed by atoms with Gasteiger partial charge in [0.05, 0.1) is 0 Å². The van der Waals surface area contributed by atoms with Crippen LogP contribution in [0, 0.1) is 6.92 Å². The molecule has 3 aromatic carbocycles. The average molecular weight is 368 g/mol. The number of aryl methyl sites for hydroxylation is 1. The van der Waals surface area contributed by atoms with Crippen molar-refractivity contribution in [2.24, 2.45) is 0 Å². The van der Waals surface area contributed by atoms with E-state index in [4.69, 9.17) is 11.6 Å². The maximum atomic E-state index is 12.9. The van der Waals surface area contributed by atoms with E-state index < -0.39 is 0 Å². The van der Waals surface area contributed by atoms with E-state index in [9.17, 15) is 4.79 Å². The molecule has 3 rings (SSSR count). The van der Waals surface area contributed by atoms with Gasteiger partial charge in [0.25, 0.3) is 0 Å². The van der Waals surface area contributed by atoms with E-state index in [1.807, 2.05) is 79.7 Å². The third kappa shape index (κ3) is 4.65. The number of halogens is 1. The molecule has 3 aromatic rings. The fourth-order valence-corrected chi connectivity index (χ4v) is 3.64. The Morgan fingerprint density at radius 1 is 0.960 bits per heavy atom. The molecule has 1 atom stereocenters. The smallest absolute Gasteiger partial charge is 0.242 e. The topological polar surface area (TPSA) is 29.1 Å². The van der Waals surface area contributed by atoms with Crippen LogP contribution in [0.3, 0.4) is 0 Å². The highest BCUT2D eigenvalue weighted by Gasteiger charge is 2.22. The largest absolute Gasteiger partial charge is 0.325 e. The molecule has 0 heterocycles. The minimum atomic E-state index is -0.344. The van der Waals surface area contributed by atoms with Crippen LogP contribution in [0.25, 0.3) is 0 Å². The highest BCUT2D eigenvalue weighted by atomic mass is 35.5. The third-order valence-electron chi connectivity index (χ3n) is 3.78. The van der Waals surface area contributed by atoms with Crippen molar-refractivity contribution in [1.29, 1.82) is 0 Å². The van der Waals surface area contributed by atoms with Gasteiger partial charge in [-0.2, -0.15) is 0 Å². The first-order valence-corrected chi connectivity index (χ1v) is 9.23. The fraction of sp³-hybridized carbons (Fsp3) is 0.0952. The Morgan fingerprint density at radius 2 is 1.60 bits per heavy atom. The first-order chi connectivity index (χ1) is 12.1. The Labute approximate surface area is 157 Å². The predicted molar refractivity (Wildman–Crippen MR) is 106 cm³/mol. The Hall–Kier alpha value is -2.23. The molecule has 25 heavy (non-hydrogen) atoms. The molecule has 0 saturated heterocycles. The molecule has 1 N–H and O–H groups in total. The summed E-state index contributed by atoms with van der Waals surface area (Å²) in [4.78, 5) is 14.0. The molecule has 0 spiro atoms. The van der Waals surface area contributed by atoms with Gasteiger partial charge in [-0.05, 0) is 42.3 Å². The lowest BCUT2D eigenvalue weighted by molar-refractivity contribution is -0.115. The van der Waals surface area contributed by atoms with Crippen LogP contribution >= 0.6 is 23.4 Å². The lowest BCUT2D eigenvalue weighted by Gasteiger charge is -2.17. The average Bonchev–Trinajstić information content (AvgIpc) is 2.64. The van der Waals surface area contributed by atoms with Gasteiger partial charge in [-0.3, -0.25) is 4.79 Å². The highest BCUT2D eigenvalue weighted by molar-refractivity contribution is 8.00. The normalized spacial score (nSPS) is 11.8. The molecule has 0 aromatic heterocycles. The summed E-state index contributed by atoms with van der Waals surface area (Å²) in [6.45, 7) is 1.94. The minimum absolute atomic E-state index is 0.0695. The SMILES string of the molecule is Cc1ccc(NC(=O)[C@@H](Sc2ccccc2)c2ccccc2)cc1Cl. The van der Waals surface area contributed by atoms with Gasteiger partial charge in [0.2, 0.25) is 5.91 Å². The van der Waals surface area contributed by atoms with Gasteiger partial charge in [-0.25, -0.2) is 0 Å². The van der Waals surface area contributed by atoms with Crippen molar-refractivity contribution >= 4 is 35.0 Å². The molecule has 0 aliphatic heterocycles. The highest BCUT2D eigenvalue weighted by Crippen LogP contribution is 2.36. The number of amides is 1. The van der Waals surface area contributed by atoms with E-state index in [1.165, 1.54) is 11.8 Å². The quantitative estimate of drug-likeness (QED) is 0.550. The Morgan fingerprint density at radius 3 is 2.24 bits per heavy atom. The van der Waals surface area contributed by atoms with Crippen LogP contribution in [0.1, 0.15) is 16.4 Å². The number of carbonyl (C=O) groups excluding carboxylic acids is 1. The molecule has 0 aliphatic carbocycles. The van der Waals surface area contributed by atoms with Crippen LogP contribution in [0.15, 0.2) is 83.8 Å². The van der Waals surface area contributed by atoms with Crippen molar-refractivity contribution < 1.29 is 4.79 Å². The number of nitrogens with one attached hydrogen (secondary N) is 1. The van der Waals surface area contributed by atoms with Crippen molar-refractivity contribution in [3.05, 3.63) is 95.0 Å². The van der Waals surface area contributed by atoms with Crippen molar-refractivity contribution in [3.63, 3.8) is 0 Å². The van der Waals surface area contributed by atoms with Gasteiger partial charge in [-0.15, -0.1) is 11.8 Å². The number of thioether (sulfide) groups is 1. The number of rotatable bonds is 5. The van der Waals surface area contributed by atoms with Crippen LogP contribution in [0.5, 0.6) is 0 Å². The Kier molecular flexibility index (Phi) is 5.79. The Bertz CT molecular complexity index is 852. The van der Waals surface area contributed by atoms with Crippen LogP contribution in [-0.4, -0.2) is 5.91 Å².